The van der Waals surface area contributed by atoms with Crippen molar-refractivity contribution in [1.82, 2.24) is 0 Å². The molecule has 0 aliphatic heterocycles. The lowest BCUT2D eigenvalue weighted by atomic mass is 9.91. The monoisotopic (exact) mass is 202 g/mol. The maximum absolute atomic E-state index is 5.75. The van der Waals surface area contributed by atoms with Crippen molar-refractivity contribution in [3.05, 3.63) is 42.0 Å². The molecule has 0 aromatic heterocycles. The summed E-state index contributed by atoms with van der Waals surface area (Å²) in [5.41, 5.74) is 2.45. The fourth-order valence-corrected chi connectivity index (χ4v) is 2.51. The third-order valence-corrected chi connectivity index (χ3v) is 3.45. The molecule has 1 aliphatic carbocycles. The molecule has 1 aliphatic rings. The molecular weight excluding hydrogens is 184 g/mol. The van der Waals surface area contributed by atoms with Gasteiger partial charge >= 0.3 is 0 Å². The molecule has 1 aromatic carbocycles. The van der Waals surface area contributed by atoms with Crippen molar-refractivity contribution in [3.8, 4) is 0 Å². The summed E-state index contributed by atoms with van der Waals surface area (Å²) < 4.78 is 5.75. The molecule has 0 heterocycles. The van der Waals surface area contributed by atoms with Crippen LogP contribution in [0.4, 0.5) is 0 Å². The Morgan fingerprint density at radius 1 is 1.33 bits per heavy atom. The number of hydrogen-bond acceptors (Lipinski definition) is 1. The molecule has 0 N–H and O–H groups in total. The predicted molar refractivity (Wildman–Crippen MR) is 63.7 cm³/mol. The highest BCUT2D eigenvalue weighted by molar-refractivity contribution is 5.49. The summed E-state index contributed by atoms with van der Waals surface area (Å²) in [7, 11) is 1.83. The second kappa shape index (κ2) is 4.19. The lowest BCUT2D eigenvalue weighted by Crippen LogP contribution is -2.24. The van der Waals surface area contributed by atoms with Gasteiger partial charge in [-0.1, -0.05) is 43.7 Å². The molecule has 1 nitrogen and oxygen atoms in total. The summed E-state index contributed by atoms with van der Waals surface area (Å²) in [5.74, 6) is 0. The van der Waals surface area contributed by atoms with Crippen molar-refractivity contribution in [1.29, 1.82) is 0 Å². The van der Waals surface area contributed by atoms with Crippen LogP contribution in [0.2, 0.25) is 0 Å². The third-order valence-electron chi connectivity index (χ3n) is 3.45. The van der Waals surface area contributed by atoms with Gasteiger partial charge in [-0.2, -0.15) is 0 Å². The van der Waals surface area contributed by atoms with Crippen LogP contribution >= 0.6 is 0 Å². The zero-order chi connectivity index (χ0) is 10.7. The Hall–Kier alpha value is -1.08. The molecule has 0 amide bonds. The van der Waals surface area contributed by atoms with Crippen molar-refractivity contribution in [2.75, 3.05) is 7.11 Å². The van der Waals surface area contributed by atoms with Gasteiger partial charge in [0.05, 0.1) is 5.60 Å². The second-order valence-electron chi connectivity index (χ2n) is 4.24. The van der Waals surface area contributed by atoms with Gasteiger partial charge in [0, 0.05) is 7.11 Å². The molecule has 0 radical (unpaired) electrons. The van der Waals surface area contributed by atoms with Crippen molar-refractivity contribution in [2.24, 2.45) is 0 Å². The van der Waals surface area contributed by atoms with Crippen LogP contribution in [-0.2, 0) is 10.3 Å². The lowest BCUT2D eigenvalue weighted by molar-refractivity contribution is -0.00871. The van der Waals surface area contributed by atoms with Gasteiger partial charge < -0.3 is 4.74 Å². The van der Waals surface area contributed by atoms with E-state index < -0.39 is 0 Å². The SMILES string of the molecule is C=Cc1cccc(C2(OC)CCCC2)c1. The maximum atomic E-state index is 5.75. The Balaban J connectivity index is 2.37. The summed E-state index contributed by atoms with van der Waals surface area (Å²) >= 11 is 0. The number of benzene rings is 1. The van der Waals surface area contributed by atoms with E-state index in [1.165, 1.54) is 24.0 Å². The highest BCUT2D eigenvalue weighted by atomic mass is 16.5. The Bertz CT molecular complexity index is 348. The topological polar surface area (TPSA) is 9.23 Å². The summed E-state index contributed by atoms with van der Waals surface area (Å²) in [6, 6.07) is 8.53. The first-order valence-corrected chi connectivity index (χ1v) is 5.59. The normalized spacial score (nSPS) is 19.0. The zero-order valence-electron chi connectivity index (χ0n) is 9.33. The third kappa shape index (κ3) is 1.84. The minimum atomic E-state index is -0.0287. The predicted octanol–water partition coefficient (Wildman–Crippen LogP) is 3.75. The maximum Gasteiger partial charge on any atom is 0.0927 e. The van der Waals surface area contributed by atoms with Gasteiger partial charge in [-0.25, -0.2) is 0 Å². The Labute approximate surface area is 91.8 Å². The number of rotatable bonds is 3. The summed E-state index contributed by atoms with van der Waals surface area (Å²) in [6.45, 7) is 3.81. The van der Waals surface area contributed by atoms with Gasteiger partial charge in [0.25, 0.3) is 0 Å². The van der Waals surface area contributed by atoms with Crippen molar-refractivity contribution < 1.29 is 4.74 Å². The molecule has 1 aromatic rings. The van der Waals surface area contributed by atoms with Crippen LogP contribution in [0, 0.1) is 0 Å². The Kier molecular flexibility index (Phi) is 2.92. The van der Waals surface area contributed by atoms with Crippen LogP contribution in [0.15, 0.2) is 30.8 Å². The van der Waals surface area contributed by atoms with Gasteiger partial charge in [0.1, 0.15) is 0 Å². The van der Waals surface area contributed by atoms with Crippen molar-refractivity contribution in [3.63, 3.8) is 0 Å². The molecule has 0 unspecified atom stereocenters. The molecule has 0 spiro atoms. The van der Waals surface area contributed by atoms with Crippen LogP contribution in [0.1, 0.15) is 36.8 Å². The van der Waals surface area contributed by atoms with Crippen molar-refractivity contribution in [2.45, 2.75) is 31.3 Å². The molecule has 1 saturated carbocycles. The van der Waals surface area contributed by atoms with E-state index in [0.717, 1.165) is 12.8 Å². The molecule has 1 heteroatoms. The lowest BCUT2D eigenvalue weighted by Gasteiger charge is -2.28. The van der Waals surface area contributed by atoms with Crippen LogP contribution < -0.4 is 0 Å². The first-order valence-electron chi connectivity index (χ1n) is 5.59. The van der Waals surface area contributed by atoms with Gasteiger partial charge in [-0.05, 0) is 30.0 Å². The fourth-order valence-electron chi connectivity index (χ4n) is 2.51. The first kappa shape index (κ1) is 10.4. The van der Waals surface area contributed by atoms with E-state index in [9.17, 15) is 0 Å². The smallest absolute Gasteiger partial charge is 0.0927 e. The van der Waals surface area contributed by atoms with Gasteiger partial charge in [-0.3, -0.25) is 0 Å². The van der Waals surface area contributed by atoms with Crippen molar-refractivity contribution >= 4 is 6.08 Å². The number of ether oxygens (including phenoxy) is 1. The van der Waals surface area contributed by atoms with E-state index in [4.69, 9.17) is 4.74 Å². The molecule has 0 bridgehead atoms. The quantitative estimate of drug-likeness (QED) is 0.725. The van der Waals surface area contributed by atoms with E-state index in [1.807, 2.05) is 13.2 Å². The van der Waals surface area contributed by atoms with E-state index >= 15 is 0 Å². The minimum absolute atomic E-state index is 0.0287. The minimum Gasteiger partial charge on any atom is -0.374 e. The second-order valence-corrected chi connectivity index (χ2v) is 4.24. The Morgan fingerprint density at radius 3 is 2.67 bits per heavy atom. The largest absolute Gasteiger partial charge is 0.374 e. The van der Waals surface area contributed by atoms with E-state index in [1.54, 1.807) is 0 Å². The molecule has 2 rings (SSSR count). The van der Waals surface area contributed by atoms with E-state index in [2.05, 4.69) is 30.8 Å². The zero-order valence-corrected chi connectivity index (χ0v) is 9.33. The summed E-state index contributed by atoms with van der Waals surface area (Å²) in [6.07, 6.45) is 6.72. The summed E-state index contributed by atoms with van der Waals surface area (Å²) in [5, 5.41) is 0. The first-order chi connectivity index (χ1) is 7.30. The highest BCUT2D eigenvalue weighted by Gasteiger charge is 2.35. The van der Waals surface area contributed by atoms with Gasteiger partial charge in [-0.15, -0.1) is 0 Å². The average Bonchev–Trinajstić information content (AvgIpc) is 2.79. The van der Waals surface area contributed by atoms with Crippen LogP contribution in [0.5, 0.6) is 0 Å². The standard InChI is InChI=1S/C14H18O/c1-3-12-7-6-8-13(11-12)14(15-2)9-4-5-10-14/h3,6-8,11H,1,4-5,9-10H2,2H3. The molecule has 15 heavy (non-hydrogen) atoms. The van der Waals surface area contributed by atoms with Crippen LogP contribution in [0.3, 0.4) is 0 Å². The van der Waals surface area contributed by atoms with Gasteiger partial charge in [0.2, 0.25) is 0 Å². The van der Waals surface area contributed by atoms with E-state index in [0.29, 0.717) is 0 Å². The molecule has 80 valence electrons. The molecule has 0 saturated heterocycles. The molecule has 0 atom stereocenters. The number of hydrogen-bond donors (Lipinski definition) is 0. The van der Waals surface area contributed by atoms with E-state index in [-0.39, 0.29) is 5.60 Å². The summed E-state index contributed by atoms with van der Waals surface area (Å²) in [4.78, 5) is 0. The van der Waals surface area contributed by atoms with Crippen LogP contribution in [-0.4, -0.2) is 7.11 Å². The highest BCUT2D eigenvalue weighted by Crippen LogP contribution is 2.41. The average molecular weight is 202 g/mol. The number of methoxy groups -OCH3 is 1. The fraction of sp³-hybridized carbons (Fsp3) is 0.429. The van der Waals surface area contributed by atoms with Crippen LogP contribution in [0.25, 0.3) is 6.08 Å². The Morgan fingerprint density at radius 2 is 2.07 bits per heavy atom. The van der Waals surface area contributed by atoms with Gasteiger partial charge in [0.15, 0.2) is 0 Å². The molecule has 1 fully saturated rings. The molecular formula is C14H18O.